The van der Waals surface area contributed by atoms with Crippen LogP contribution in [0.5, 0.6) is 5.75 Å². The summed E-state index contributed by atoms with van der Waals surface area (Å²) in [7, 11) is -0.699. The monoisotopic (exact) mass is 844 g/mol. The predicted molar refractivity (Wildman–Crippen MR) is 243 cm³/mol. The maximum Gasteiger partial charge on any atom is 0.264 e. The first kappa shape index (κ1) is 41.2. The molecule has 4 heterocycles. The van der Waals surface area contributed by atoms with Crippen molar-refractivity contribution in [2.45, 2.75) is 75.5 Å². The van der Waals surface area contributed by atoms with Gasteiger partial charge in [-0.25, -0.2) is 5.01 Å². The summed E-state index contributed by atoms with van der Waals surface area (Å²) in [5.74, 6) is 0.237. The minimum atomic E-state index is -2.38. The molecule has 1 N–H and O–H groups in total. The molecule has 0 radical (unpaired) electrons. The van der Waals surface area contributed by atoms with Crippen molar-refractivity contribution in [3.63, 3.8) is 0 Å². The standard InChI is InChI=1S/C50H52N6O5Si/c1-34-48(62(3,4)40-25-23-39(60-2)24-26-40)46(29-30-54-32-44(51-53-54)41(33-57)36-13-7-5-8-14-36)61-50(34)42-17-11-12-18-45(42)55(49(50)59)31-35-19-21-38(22-20-35)56-47(58)28-27-43(52-56)37-15-9-6-10-16-37/h5-26,32,34,41,46,48,57H,27-31,33H2,1-4H3/t34-,41?,46+,48-,50+/m1/s1. The Morgan fingerprint density at radius 1 is 0.871 bits per heavy atom. The second kappa shape index (κ2) is 16.9. The number of carbonyl (C=O) groups excluding carboxylic acids is 2. The lowest BCUT2D eigenvalue weighted by Crippen LogP contribution is -2.51. The summed E-state index contributed by atoms with van der Waals surface area (Å²) >= 11 is 0. The Hall–Kier alpha value is -6.21. The van der Waals surface area contributed by atoms with Crippen molar-refractivity contribution >= 4 is 42.2 Å². The minimum absolute atomic E-state index is 0.0491. The van der Waals surface area contributed by atoms with Crippen molar-refractivity contribution in [1.29, 1.82) is 0 Å². The molecule has 0 bridgehead atoms. The van der Waals surface area contributed by atoms with E-state index >= 15 is 4.79 Å². The molecule has 316 valence electrons. The van der Waals surface area contributed by atoms with E-state index in [2.05, 4.69) is 48.5 Å². The predicted octanol–water partition coefficient (Wildman–Crippen LogP) is 7.80. The molecule has 1 fully saturated rings. The first-order chi connectivity index (χ1) is 30.1. The number of ether oxygens (including phenoxy) is 2. The normalized spacial score (nSPS) is 21.6. The quantitative estimate of drug-likeness (QED) is 0.118. The maximum absolute atomic E-state index is 15.4. The van der Waals surface area contributed by atoms with Crippen LogP contribution in [0.25, 0.3) is 0 Å². The van der Waals surface area contributed by atoms with E-state index in [-0.39, 0.29) is 41.9 Å². The van der Waals surface area contributed by atoms with Crippen LogP contribution in [-0.4, -0.2) is 65.5 Å². The van der Waals surface area contributed by atoms with E-state index in [1.165, 1.54) is 10.2 Å². The molecule has 3 aliphatic rings. The highest BCUT2D eigenvalue weighted by atomic mass is 28.3. The van der Waals surface area contributed by atoms with E-state index in [0.29, 0.717) is 43.7 Å². The molecule has 9 rings (SSSR count). The lowest BCUT2D eigenvalue weighted by Gasteiger charge is -2.37. The first-order valence-electron chi connectivity index (χ1n) is 21.5. The van der Waals surface area contributed by atoms with Gasteiger partial charge in [0, 0.05) is 37.1 Å². The third-order valence-electron chi connectivity index (χ3n) is 13.3. The second-order valence-corrected chi connectivity index (χ2v) is 21.9. The average Bonchev–Trinajstić information content (AvgIpc) is 3.97. The molecule has 1 unspecified atom stereocenters. The topological polar surface area (TPSA) is 122 Å². The van der Waals surface area contributed by atoms with Gasteiger partial charge in [-0.2, -0.15) is 5.10 Å². The van der Waals surface area contributed by atoms with Gasteiger partial charge in [0.1, 0.15) is 5.75 Å². The van der Waals surface area contributed by atoms with Gasteiger partial charge < -0.3 is 19.5 Å². The van der Waals surface area contributed by atoms with Gasteiger partial charge in [-0.1, -0.05) is 134 Å². The number of aliphatic hydroxyl groups is 1. The summed E-state index contributed by atoms with van der Waals surface area (Å²) < 4.78 is 14.7. The van der Waals surface area contributed by atoms with Crippen molar-refractivity contribution in [1.82, 2.24) is 15.0 Å². The van der Waals surface area contributed by atoms with Crippen LogP contribution in [0.1, 0.15) is 60.1 Å². The van der Waals surface area contributed by atoms with Crippen LogP contribution in [0, 0.1) is 5.92 Å². The Morgan fingerprint density at radius 3 is 2.27 bits per heavy atom. The summed E-state index contributed by atoms with van der Waals surface area (Å²) in [4.78, 5) is 30.3. The van der Waals surface area contributed by atoms with Crippen molar-refractivity contribution in [3.05, 3.63) is 168 Å². The van der Waals surface area contributed by atoms with Gasteiger partial charge in [-0.15, -0.1) is 5.10 Å². The lowest BCUT2D eigenvalue weighted by molar-refractivity contribution is -0.146. The number of aryl methyl sites for hydroxylation is 1. The van der Waals surface area contributed by atoms with Crippen LogP contribution in [0.15, 0.2) is 145 Å². The minimum Gasteiger partial charge on any atom is -0.497 e. The van der Waals surface area contributed by atoms with Crippen LogP contribution in [0.4, 0.5) is 11.4 Å². The molecular weight excluding hydrogens is 793 g/mol. The number of hydrazone groups is 1. The van der Waals surface area contributed by atoms with E-state index < -0.39 is 13.7 Å². The average molecular weight is 845 g/mol. The van der Waals surface area contributed by atoms with Crippen LogP contribution in [0.2, 0.25) is 18.6 Å². The molecular formula is C50H52N6O5Si. The first-order valence-corrected chi connectivity index (χ1v) is 24.5. The molecule has 12 heteroatoms. The van der Waals surface area contributed by atoms with Gasteiger partial charge in [0.05, 0.1) is 63.1 Å². The number of benzene rings is 5. The molecule has 6 aromatic rings. The summed E-state index contributed by atoms with van der Waals surface area (Å²) in [6.07, 6.45) is 3.24. The van der Waals surface area contributed by atoms with Crippen molar-refractivity contribution in [2.24, 2.45) is 11.0 Å². The van der Waals surface area contributed by atoms with Crippen LogP contribution < -0.4 is 19.8 Å². The van der Waals surface area contributed by atoms with Crippen LogP contribution >= 0.6 is 0 Å². The second-order valence-electron chi connectivity index (χ2n) is 17.2. The summed E-state index contributed by atoms with van der Waals surface area (Å²) in [6.45, 7) is 7.76. The highest BCUT2D eigenvalue weighted by Crippen LogP contribution is 2.60. The van der Waals surface area contributed by atoms with E-state index in [0.717, 1.165) is 39.4 Å². The Morgan fingerprint density at radius 2 is 1.56 bits per heavy atom. The molecule has 3 aliphatic heterocycles. The molecule has 2 amide bonds. The number of methoxy groups -OCH3 is 1. The van der Waals surface area contributed by atoms with E-state index in [4.69, 9.17) is 14.6 Å². The number of para-hydroxylation sites is 1. The lowest BCUT2D eigenvalue weighted by atomic mass is 9.82. The number of amides is 2. The third kappa shape index (κ3) is 7.35. The molecule has 5 aromatic carbocycles. The number of aliphatic hydroxyl groups excluding tert-OH is 1. The van der Waals surface area contributed by atoms with Crippen LogP contribution in [-0.2, 0) is 33.0 Å². The number of hydrogen-bond donors (Lipinski definition) is 1. The Bertz CT molecular complexity index is 2580. The number of hydrogen-bond acceptors (Lipinski definition) is 8. The fraction of sp³-hybridized carbons (Fsp3) is 0.300. The third-order valence-corrected chi connectivity index (χ3v) is 17.7. The summed E-state index contributed by atoms with van der Waals surface area (Å²) in [5.41, 5.74) is 5.76. The highest BCUT2D eigenvalue weighted by molar-refractivity contribution is 6.91. The fourth-order valence-corrected chi connectivity index (χ4v) is 14.2. The van der Waals surface area contributed by atoms with Gasteiger partial charge in [0.25, 0.3) is 5.91 Å². The Balaban J connectivity index is 1.01. The largest absolute Gasteiger partial charge is 0.497 e. The number of fused-ring (bicyclic) bond motifs is 2. The number of rotatable bonds is 13. The molecule has 1 aromatic heterocycles. The van der Waals surface area contributed by atoms with Gasteiger partial charge in [-0.3, -0.25) is 14.3 Å². The zero-order valence-electron chi connectivity index (χ0n) is 35.6. The zero-order chi connectivity index (χ0) is 43.0. The summed E-state index contributed by atoms with van der Waals surface area (Å²) in [6, 6.07) is 44.1. The van der Waals surface area contributed by atoms with Gasteiger partial charge in [0.2, 0.25) is 5.91 Å². The molecule has 0 saturated carbocycles. The number of aromatic nitrogens is 3. The zero-order valence-corrected chi connectivity index (χ0v) is 36.6. The molecule has 1 spiro atoms. The Labute approximate surface area is 363 Å². The highest BCUT2D eigenvalue weighted by Gasteiger charge is 2.66. The number of anilines is 2. The number of nitrogens with zero attached hydrogens (tertiary/aromatic N) is 6. The molecule has 1 saturated heterocycles. The fourth-order valence-electron chi connectivity index (χ4n) is 10.1. The SMILES string of the molecule is COc1ccc([Si](C)(C)[C@H]2[C@H](CCn3cc(C(CO)c4ccccc4)nn3)O[C@@]3(C(=O)N(Cc4ccc(N5N=C(c6ccccc6)CCC5=O)cc4)c4ccccc43)[C@@H]2C)cc1. The van der Waals surface area contributed by atoms with E-state index in [1.54, 1.807) is 7.11 Å². The Kier molecular flexibility index (Phi) is 11.2. The smallest absolute Gasteiger partial charge is 0.264 e. The van der Waals surface area contributed by atoms with Crippen LogP contribution in [0.3, 0.4) is 0 Å². The van der Waals surface area contributed by atoms with E-state index in [9.17, 15) is 9.90 Å². The maximum atomic E-state index is 15.4. The molecule has 5 atom stereocenters. The van der Waals surface area contributed by atoms with Gasteiger partial charge in [0.15, 0.2) is 5.60 Å². The van der Waals surface area contributed by atoms with Gasteiger partial charge in [-0.05, 0) is 59.0 Å². The van der Waals surface area contributed by atoms with Gasteiger partial charge >= 0.3 is 0 Å². The number of carbonyl (C=O) groups is 2. The summed E-state index contributed by atoms with van der Waals surface area (Å²) in [5, 5.41) is 26.9. The van der Waals surface area contributed by atoms with E-state index in [1.807, 2.05) is 131 Å². The van der Waals surface area contributed by atoms with Crippen molar-refractivity contribution in [3.8, 4) is 5.75 Å². The molecule has 62 heavy (non-hydrogen) atoms. The molecule has 11 nitrogen and oxygen atoms in total. The van der Waals surface area contributed by atoms with Crippen molar-refractivity contribution < 1.29 is 24.2 Å². The van der Waals surface area contributed by atoms with Crippen molar-refractivity contribution in [2.75, 3.05) is 23.6 Å². The molecule has 0 aliphatic carbocycles.